The molecule has 0 bridgehead atoms. The van der Waals surface area contributed by atoms with E-state index >= 15 is 0 Å². The molecule has 2 amide bonds. The number of likely N-dealkylation sites (tertiary alicyclic amines) is 1. The van der Waals surface area contributed by atoms with Gasteiger partial charge in [0.05, 0.1) is 10.4 Å². The average molecular weight is 332 g/mol. The highest BCUT2D eigenvalue weighted by atomic mass is 79.9. The molecule has 3 nitrogen and oxygen atoms in total. The smallest absolute Gasteiger partial charge is 0.243 e. The van der Waals surface area contributed by atoms with E-state index in [1.807, 2.05) is 0 Å². The van der Waals surface area contributed by atoms with Crippen molar-refractivity contribution in [2.24, 2.45) is 10.8 Å². The number of carbonyl (C=O) groups is 2. The Morgan fingerprint density at radius 1 is 1.21 bits per heavy atom. The van der Waals surface area contributed by atoms with Gasteiger partial charge < -0.3 is 0 Å². The Morgan fingerprint density at radius 3 is 1.95 bits per heavy atom. The van der Waals surface area contributed by atoms with Gasteiger partial charge in [0.1, 0.15) is 0 Å². The number of rotatable bonds is 1. The van der Waals surface area contributed by atoms with Crippen LogP contribution in [0.15, 0.2) is 0 Å². The summed E-state index contributed by atoms with van der Waals surface area (Å²) in [5.74, 6) is -0.159. The van der Waals surface area contributed by atoms with Crippen LogP contribution in [0.5, 0.6) is 0 Å². The molecule has 0 aliphatic carbocycles. The van der Waals surface area contributed by atoms with E-state index < -0.39 is 5.54 Å². The fraction of sp³-hybridized carbons (Fsp3) is 0.867. The highest BCUT2D eigenvalue weighted by Crippen LogP contribution is 2.54. The normalized spacial score (nSPS) is 21.7. The number of hydrogen-bond acceptors (Lipinski definition) is 2. The Balaban J connectivity index is 3.46. The van der Waals surface area contributed by atoms with Gasteiger partial charge in [-0.2, -0.15) is 0 Å². The largest absolute Gasteiger partial charge is 0.274 e. The zero-order chi connectivity index (χ0) is 15.2. The monoisotopic (exact) mass is 331 g/mol. The molecule has 1 heterocycles. The van der Waals surface area contributed by atoms with E-state index in [0.717, 1.165) is 6.42 Å². The summed E-state index contributed by atoms with van der Waals surface area (Å²) in [5, 5.41) is 0. The highest BCUT2D eigenvalue weighted by molar-refractivity contribution is 9.10. The van der Waals surface area contributed by atoms with Gasteiger partial charge in [-0.05, 0) is 24.2 Å². The summed E-state index contributed by atoms with van der Waals surface area (Å²) < 4.78 is 0. The standard InChI is InChI=1S/C15H26BrNO2/c1-10(16)12(19)17-11(18)8-9-15(17,13(2,3)4)14(5,6)7/h10H,8-9H2,1-7H3. The molecule has 0 spiro atoms. The lowest BCUT2D eigenvalue weighted by molar-refractivity contribution is -0.158. The molecule has 1 unspecified atom stereocenters. The van der Waals surface area contributed by atoms with Crippen LogP contribution < -0.4 is 0 Å². The molecule has 0 aromatic carbocycles. The first kappa shape index (κ1) is 16.7. The lowest BCUT2D eigenvalue weighted by Crippen LogP contribution is -2.64. The van der Waals surface area contributed by atoms with Gasteiger partial charge >= 0.3 is 0 Å². The average Bonchev–Trinajstić information content (AvgIpc) is 2.53. The van der Waals surface area contributed by atoms with E-state index in [0.29, 0.717) is 6.42 Å². The topological polar surface area (TPSA) is 37.4 Å². The molecule has 1 saturated heterocycles. The van der Waals surface area contributed by atoms with Crippen molar-refractivity contribution in [1.29, 1.82) is 0 Å². The van der Waals surface area contributed by atoms with Gasteiger partial charge in [-0.1, -0.05) is 57.5 Å². The Bertz CT molecular complexity index is 374. The summed E-state index contributed by atoms with van der Waals surface area (Å²) >= 11 is 3.32. The van der Waals surface area contributed by atoms with Crippen molar-refractivity contribution in [1.82, 2.24) is 4.90 Å². The van der Waals surface area contributed by atoms with Crippen LogP contribution in [0, 0.1) is 10.8 Å². The first-order valence-corrected chi connectivity index (χ1v) is 7.79. The maximum absolute atomic E-state index is 12.5. The van der Waals surface area contributed by atoms with E-state index in [4.69, 9.17) is 0 Å². The van der Waals surface area contributed by atoms with Crippen LogP contribution in [-0.4, -0.2) is 27.1 Å². The SMILES string of the molecule is CC(Br)C(=O)N1C(=O)CCC1(C(C)(C)C)C(C)(C)C. The first-order chi connectivity index (χ1) is 8.36. The Labute approximate surface area is 125 Å². The lowest BCUT2D eigenvalue weighted by Gasteiger charge is -2.55. The third-order valence-electron chi connectivity index (χ3n) is 4.37. The van der Waals surface area contributed by atoms with Gasteiger partial charge in [0.2, 0.25) is 11.8 Å². The molecule has 0 radical (unpaired) electrons. The van der Waals surface area contributed by atoms with Gasteiger partial charge in [0.25, 0.3) is 0 Å². The number of hydrogen-bond donors (Lipinski definition) is 0. The molecule has 1 rings (SSSR count). The van der Waals surface area contributed by atoms with Gasteiger partial charge in [-0.15, -0.1) is 0 Å². The third-order valence-corrected chi connectivity index (χ3v) is 4.77. The van der Waals surface area contributed by atoms with Crippen molar-refractivity contribution in [2.75, 3.05) is 0 Å². The third kappa shape index (κ3) is 2.48. The molecule has 0 N–H and O–H groups in total. The van der Waals surface area contributed by atoms with Gasteiger partial charge in [0, 0.05) is 6.42 Å². The maximum atomic E-state index is 12.5. The Kier molecular flexibility index (Phi) is 4.27. The number of halogens is 1. The second kappa shape index (κ2) is 4.87. The molecule has 110 valence electrons. The van der Waals surface area contributed by atoms with Gasteiger partial charge in [0.15, 0.2) is 0 Å². The quantitative estimate of drug-likeness (QED) is 0.686. The molecular weight excluding hydrogens is 306 g/mol. The van der Waals surface area contributed by atoms with Crippen molar-refractivity contribution < 1.29 is 9.59 Å². The van der Waals surface area contributed by atoms with Gasteiger partial charge in [-0.25, -0.2) is 0 Å². The van der Waals surface area contributed by atoms with Crippen LogP contribution >= 0.6 is 15.9 Å². The second-order valence-corrected chi connectivity index (χ2v) is 8.92. The molecule has 1 aliphatic heterocycles. The molecule has 1 aliphatic rings. The van der Waals surface area contributed by atoms with Crippen molar-refractivity contribution in [2.45, 2.75) is 71.7 Å². The number of carbonyl (C=O) groups excluding carboxylic acids is 2. The Morgan fingerprint density at radius 2 is 1.63 bits per heavy atom. The predicted molar refractivity (Wildman–Crippen MR) is 81.1 cm³/mol. The summed E-state index contributed by atoms with van der Waals surface area (Å²) in [6.07, 6.45) is 1.20. The van der Waals surface area contributed by atoms with Crippen molar-refractivity contribution in [3.05, 3.63) is 0 Å². The minimum Gasteiger partial charge on any atom is -0.274 e. The van der Waals surface area contributed by atoms with Gasteiger partial charge in [-0.3, -0.25) is 14.5 Å². The fourth-order valence-electron chi connectivity index (χ4n) is 3.76. The zero-order valence-corrected chi connectivity index (χ0v) is 14.7. The number of amides is 2. The summed E-state index contributed by atoms with van der Waals surface area (Å²) in [4.78, 5) is 26.0. The summed E-state index contributed by atoms with van der Waals surface area (Å²) in [6.45, 7) is 14.5. The molecule has 1 atom stereocenters. The van der Waals surface area contributed by atoms with Crippen LogP contribution in [0.1, 0.15) is 61.3 Å². The van der Waals surface area contributed by atoms with Crippen molar-refractivity contribution in [3.8, 4) is 0 Å². The molecule has 19 heavy (non-hydrogen) atoms. The number of imide groups is 1. The van der Waals surface area contributed by atoms with E-state index in [1.54, 1.807) is 11.8 Å². The van der Waals surface area contributed by atoms with Crippen LogP contribution in [-0.2, 0) is 9.59 Å². The number of alkyl halides is 1. The van der Waals surface area contributed by atoms with E-state index in [-0.39, 0.29) is 27.5 Å². The van der Waals surface area contributed by atoms with Crippen LogP contribution in [0.4, 0.5) is 0 Å². The van der Waals surface area contributed by atoms with Crippen LogP contribution in [0.2, 0.25) is 0 Å². The molecule has 1 fully saturated rings. The summed E-state index contributed by atoms with van der Waals surface area (Å²) in [7, 11) is 0. The van der Waals surface area contributed by atoms with Crippen molar-refractivity contribution >= 4 is 27.7 Å². The first-order valence-electron chi connectivity index (χ1n) is 6.87. The minimum absolute atomic E-state index is 0.0406. The molecule has 0 aromatic rings. The van der Waals surface area contributed by atoms with E-state index in [1.165, 1.54) is 0 Å². The lowest BCUT2D eigenvalue weighted by atomic mass is 9.58. The highest BCUT2D eigenvalue weighted by Gasteiger charge is 2.61. The molecule has 4 heteroatoms. The number of nitrogens with zero attached hydrogens (tertiary/aromatic N) is 1. The second-order valence-electron chi connectivity index (χ2n) is 7.54. The van der Waals surface area contributed by atoms with E-state index in [9.17, 15) is 9.59 Å². The maximum Gasteiger partial charge on any atom is 0.243 e. The fourth-order valence-corrected chi connectivity index (χ4v) is 3.96. The summed E-state index contributed by atoms with van der Waals surface area (Å²) in [5.41, 5.74) is -0.750. The van der Waals surface area contributed by atoms with E-state index in [2.05, 4.69) is 57.5 Å². The predicted octanol–water partition coefficient (Wildman–Crippen LogP) is 3.75. The summed E-state index contributed by atoms with van der Waals surface area (Å²) in [6, 6.07) is 0. The van der Waals surface area contributed by atoms with Crippen LogP contribution in [0.3, 0.4) is 0 Å². The van der Waals surface area contributed by atoms with Crippen LogP contribution in [0.25, 0.3) is 0 Å². The molecule has 0 aromatic heterocycles. The molecule has 0 saturated carbocycles. The minimum atomic E-state index is -0.434. The van der Waals surface area contributed by atoms with Crippen molar-refractivity contribution in [3.63, 3.8) is 0 Å². The zero-order valence-electron chi connectivity index (χ0n) is 13.1. The Hall–Kier alpha value is -0.380. The molecular formula is C15H26BrNO2.